The lowest BCUT2D eigenvalue weighted by Gasteiger charge is -2.11. The lowest BCUT2D eigenvalue weighted by atomic mass is 10.1. The second kappa shape index (κ2) is 10.8. The summed E-state index contributed by atoms with van der Waals surface area (Å²) in [5, 5.41) is 3.42. The lowest BCUT2D eigenvalue weighted by molar-refractivity contribution is -0.121. The van der Waals surface area contributed by atoms with Crippen LogP contribution in [-0.2, 0) is 4.79 Å². The SMILES string of the molecule is Cc1ccc(C(=O)NC(=S)NNC(=O)CCCOc2ccc(Cl)cc2Cl)cc1. The van der Waals surface area contributed by atoms with E-state index in [4.69, 9.17) is 40.2 Å². The van der Waals surface area contributed by atoms with Crippen molar-refractivity contribution in [2.45, 2.75) is 19.8 Å². The number of carbonyl (C=O) groups is 2. The van der Waals surface area contributed by atoms with Crippen molar-refractivity contribution in [2.75, 3.05) is 6.61 Å². The molecule has 2 aromatic carbocycles. The van der Waals surface area contributed by atoms with Crippen molar-refractivity contribution in [3.63, 3.8) is 0 Å². The zero-order valence-electron chi connectivity index (χ0n) is 15.1. The number of ether oxygens (including phenoxy) is 1. The van der Waals surface area contributed by atoms with Crippen molar-refractivity contribution >= 4 is 52.3 Å². The summed E-state index contributed by atoms with van der Waals surface area (Å²) in [5.41, 5.74) is 6.43. The van der Waals surface area contributed by atoms with Gasteiger partial charge in [-0.2, -0.15) is 0 Å². The van der Waals surface area contributed by atoms with Crippen molar-refractivity contribution in [3.8, 4) is 5.75 Å². The fourth-order valence-electron chi connectivity index (χ4n) is 2.11. The minimum Gasteiger partial charge on any atom is -0.492 e. The summed E-state index contributed by atoms with van der Waals surface area (Å²) in [6.07, 6.45) is 0.668. The number of halogens is 2. The van der Waals surface area contributed by atoms with Crippen LogP contribution >= 0.6 is 35.4 Å². The van der Waals surface area contributed by atoms with Crippen molar-refractivity contribution < 1.29 is 14.3 Å². The standard InChI is InChI=1S/C19H19Cl2N3O3S/c1-12-4-6-13(7-5-12)18(26)22-19(28)24-23-17(25)3-2-10-27-16-9-8-14(20)11-15(16)21/h4-9,11H,2-3,10H2,1H3,(H,23,25)(H2,22,24,26,28). The molecule has 0 unspecified atom stereocenters. The van der Waals surface area contributed by atoms with Gasteiger partial charge in [-0.25, -0.2) is 0 Å². The highest BCUT2D eigenvalue weighted by molar-refractivity contribution is 7.80. The van der Waals surface area contributed by atoms with Gasteiger partial charge in [0.15, 0.2) is 5.11 Å². The van der Waals surface area contributed by atoms with Crippen molar-refractivity contribution in [3.05, 3.63) is 63.6 Å². The molecule has 0 fully saturated rings. The van der Waals surface area contributed by atoms with Gasteiger partial charge in [0.2, 0.25) is 5.91 Å². The molecule has 0 atom stereocenters. The van der Waals surface area contributed by atoms with Crippen molar-refractivity contribution in [1.82, 2.24) is 16.2 Å². The first kappa shape index (κ1) is 21.9. The Bertz CT molecular complexity index is 860. The molecule has 0 aliphatic heterocycles. The first-order valence-electron chi connectivity index (χ1n) is 8.40. The molecule has 9 heteroatoms. The van der Waals surface area contributed by atoms with Crippen LogP contribution in [0.4, 0.5) is 0 Å². The molecule has 0 aliphatic rings. The summed E-state index contributed by atoms with van der Waals surface area (Å²) < 4.78 is 5.50. The Hall–Kier alpha value is -2.35. The van der Waals surface area contributed by atoms with Crippen LogP contribution in [-0.4, -0.2) is 23.5 Å². The van der Waals surface area contributed by atoms with E-state index in [-0.39, 0.29) is 23.3 Å². The lowest BCUT2D eigenvalue weighted by Crippen LogP contribution is -2.48. The molecule has 0 heterocycles. The van der Waals surface area contributed by atoms with Crippen LogP contribution in [0.1, 0.15) is 28.8 Å². The van der Waals surface area contributed by atoms with Gasteiger partial charge in [-0.3, -0.25) is 25.8 Å². The summed E-state index contributed by atoms with van der Waals surface area (Å²) in [7, 11) is 0. The molecule has 3 N–H and O–H groups in total. The number of hydrogen-bond donors (Lipinski definition) is 3. The minimum absolute atomic E-state index is 0.00289. The van der Waals surface area contributed by atoms with E-state index in [2.05, 4.69) is 16.2 Å². The molecule has 0 saturated carbocycles. The molecule has 0 spiro atoms. The van der Waals surface area contributed by atoms with Crippen LogP contribution in [0.15, 0.2) is 42.5 Å². The summed E-state index contributed by atoms with van der Waals surface area (Å²) in [4.78, 5) is 23.8. The highest BCUT2D eigenvalue weighted by atomic mass is 35.5. The normalized spacial score (nSPS) is 10.1. The van der Waals surface area contributed by atoms with Gasteiger partial charge in [-0.1, -0.05) is 40.9 Å². The van der Waals surface area contributed by atoms with Crippen LogP contribution in [0.25, 0.3) is 0 Å². The smallest absolute Gasteiger partial charge is 0.257 e. The van der Waals surface area contributed by atoms with Gasteiger partial charge >= 0.3 is 0 Å². The van der Waals surface area contributed by atoms with Crippen molar-refractivity contribution in [2.24, 2.45) is 0 Å². The summed E-state index contributed by atoms with van der Waals surface area (Å²) in [6.45, 7) is 2.24. The third-order valence-electron chi connectivity index (χ3n) is 3.56. The second-order valence-electron chi connectivity index (χ2n) is 5.85. The van der Waals surface area contributed by atoms with E-state index in [1.54, 1.807) is 30.3 Å². The predicted octanol–water partition coefficient (Wildman–Crippen LogP) is 3.80. The topological polar surface area (TPSA) is 79.5 Å². The summed E-state index contributed by atoms with van der Waals surface area (Å²) in [6, 6.07) is 12.0. The molecule has 2 rings (SSSR count). The number of hydrazine groups is 1. The Morgan fingerprint density at radius 2 is 1.79 bits per heavy atom. The zero-order chi connectivity index (χ0) is 20.5. The first-order chi connectivity index (χ1) is 13.3. The largest absolute Gasteiger partial charge is 0.492 e. The number of benzene rings is 2. The van der Waals surface area contributed by atoms with E-state index in [9.17, 15) is 9.59 Å². The van der Waals surface area contributed by atoms with E-state index >= 15 is 0 Å². The van der Waals surface area contributed by atoms with Crippen LogP contribution in [0.5, 0.6) is 5.75 Å². The summed E-state index contributed by atoms with van der Waals surface area (Å²) >= 11 is 16.8. The molecular weight excluding hydrogens is 421 g/mol. The van der Waals surface area contributed by atoms with Crippen LogP contribution in [0.2, 0.25) is 10.0 Å². The van der Waals surface area contributed by atoms with E-state index in [0.29, 0.717) is 34.4 Å². The van der Waals surface area contributed by atoms with E-state index in [1.165, 1.54) is 0 Å². The minimum atomic E-state index is -0.361. The molecule has 2 amide bonds. The van der Waals surface area contributed by atoms with Crippen LogP contribution in [0.3, 0.4) is 0 Å². The van der Waals surface area contributed by atoms with Gasteiger partial charge in [0.1, 0.15) is 5.75 Å². The Balaban J connectivity index is 1.64. The van der Waals surface area contributed by atoms with Crippen LogP contribution < -0.4 is 20.9 Å². The number of aryl methyl sites for hydroxylation is 1. The third kappa shape index (κ3) is 7.34. The average Bonchev–Trinajstić information content (AvgIpc) is 2.65. The molecule has 0 bridgehead atoms. The molecular formula is C19H19Cl2N3O3S. The van der Waals surface area contributed by atoms with Gasteiger partial charge in [0.25, 0.3) is 5.91 Å². The Morgan fingerprint density at radius 3 is 2.46 bits per heavy atom. The molecule has 6 nitrogen and oxygen atoms in total. The Morgan fingerprint density at radius 1 is 1.07 bits per heavy atom. The van der Waals surface area contributed by atoms with Gasteiger partial charge in [0.05, 0.1) is 11.6 Å². The number of hydrogen-bond acceptors (Lipinski definition) is 4. The monoisotopic (exact) mass is 439 g/mol. The summed E-state index contributed by atoms with van der Waals surface area (Å²) in [5.74, 6) is -0.151. The van der Waals surface area contributed by atoms with Gasteiger partial charge < -0.3 is 4.74 Å². The molecule has 0 saturated heterocycles. The Kier molecular flexibility index (Phi) is 8.50. The molecule has 148 valence electrons. The maximum atomic E-state index is 12.0. The van der Waals surface area contributed by atoms with Crippen molar-refractivity contribution in [1.29, 1.82) is 0 Å². The molecule has 0 radical (unpaired) electrons. The average molecular weight is 440 g/mol. The third-order valence-corrected chi connectivity index (χ3v) is 4.29. The predicted molar refractivity (Wildman–Crippen MR) is 114 cm³/mol. The van der Waals surface area contributed by atoms with E-state index in [0.717, 1.165) is 5.56 Å². The number of thiocarbonyl (C=S) groups is 1. The zero-order valence-corrected chi connectivity index (χ0v) is 17.4. The van der Waals surface area contributed by atoms with E-state index in [1.807, 2.05) is 19.1 Å². The Labute approximate surface area is 178 Å². The van der Waals surface area contributed by atoms with Gasteiger partial charge in [0, 0.05) is 17.0 Å². The quantitative estimate of drug-likeness (QED) is 0.362. The first-order valence-corrected chi connectivity index (χ1v) is 9.56. The number of amides is 2. The molecule has 2 aromatic rings. The molecule has 0 aromatic heterocycles. The molecule has 0 aliphatic carbocycles. The highest BCUT2D eigenvalue weighted by Crippen LogP contribution is 2.27. The van der Waals surface area contributed by atoms with E-state index < -0.39 is 0 Å². The number of nitrogens with one attached hydrogen (secondary N) is 3. The maximum Gasteiger partial charge on any atom is 0.257 e. The molecule has 28 heavy (non-hydrogen) atoms. The van der Waals surface area contributed by atoms with Gasteiger partial charge in [-0.15, -0.1) is 0 Å². The van der Waals surface area contributed by atoms with Crippen LogP contribution in [0, 0.1) is 6.92 Å². The number of rotatable bonds is 6. The maximum absolute atomic E-state index is 12.0. The number of carbonyl (C=O) groups excluding carboxylic acids is 2. The second-order valence-corrected chi connectivity index (χ2v) is 7.10. The fraction of sp³-hybridized carbons (Fsp3) is 0.211. The highest BCUT2D eigenvalue weighted by Gasteiger charge is 2.09. The fourth-order valence-corrected chi connectivity index (χ4v) is 2.71. The van der Waals surface area contributed by atoms with Gasteiger partial charge in [-0.05, 0) is 55.9 Å².